The van der Waals surface area contributed by atoms with Crippen LogP contribution in [0, 0.1) is 0 Å². The number of morpholine rings is 1. The van der Waals surface area contributed by atoms with Gasteiger partial charge in [-0.1, -0.05) is 6.07 Å². The Morgan fingerprint density at radius 1 is 1.33 bits per heavy atom. The highest BCUT2D eigenvalue weighted by molar-refractivity contribution is 7.90. The highest BCUT2D eigenvalue weighted by atomic mass is 32.2. The van der Waals surface area contributed by atoms with E-state index in [2.05, 4.69) is 9.88 Å². The van der Waals surface area contributed by atoms with E-state index in [4.69, 9.17) is 4.74 Å². The van der Waals surface area contributed by atoms with Crippen molar-refractivity contribution in [1.29, 1.82) is 0 Å². The quantitative estimate of drug-likeness (QED) is 0.732. The van der Waals surface area contributed by atoms with Crippen molar-refractivity contribution in [3.63, 3.8) is 0 Å². The van der Waals surface area contributed by atoms with E-state index in [0.717, 1.165) is 31.5 Å². The summed E-state index contributed by atoms with van der Waals surface area (Å²) in [6, 6.07) is 3.74. The summed E-state index contributed by atoms with van der Waals surface area (Å²) in [5.41, 5.74) is 0.659. The number of piperidine rings is 1. The largest absolute Gasteiger partial charge is 0.372 e. The number of carbonyl (C=O) groups is 1. The summed E-state index contributed by atoms with van der Waals surface area (Å²) < 4.78 is 29.4. The minimum atomic E-state index is -3.01. The molecule has 0 saturated carbocycles. The molecule has 1 amide bonds. The second kappa shape index (κ2) is 8.24. The fourth-order valence-electron chi connectivity index (χ4n) is 4.05. The van der Waals surface area contributed by atoms with Crippen LogP contribution in [0.2, 0.25) is 0 Å². The first-order chi connectivity index (χ1) is 12.8. The lowest BCUT2D eigenvalue weighted by atomic mass is 9.88. The molecule has 3 heterocycles. The number of aromatic nitrogens is 1. The first-order valence-corrected chi connectivity index (χ1v) is 11.5. The van der Waals surface area contributed by atoms with Crippen molar-refractivity contribution < 1.29 is 17.9 Å². The maximum Gasteiger partial charge on any atom is 0.227 e. The molecule has 1 aromatic heterocycles. The van der Waals surface area contributed by atoms with Gasteiger partial charge >= 0.3 is 0 Å². The van der Waals surface area contributed by atoms with Crippen LogP contribution in [0.1, 0.15) is 25.3 Å². The molecule has 1 aromatic rings. The minimum absolute atomic E-state index is 0.0222. The molecular formula is C19H29N3O4S. The van der Waals surface area contributed by atoms with Gasteiger partial charge in [-0.3, -0.25) is 14.7 Å². The molecule has 2 aliphatic rings. The molecule has 7 nitrogen and oxygen atoms in total. The summed E-state index contributed by atoms with van der Waals surface area (Å²) in [7, 11) is -3.01. The first kappa shape index (κ1) is 20.2. The van der Waals surface area contributed by atoms with Crippen LogP contribution in [0.4, 0.5) is 0 Å². The van der Waals surface area contributed by atoms with Crippen LogP contribution in [0.25, 0.3) is 0 Å². The Hall–Kier alpha value is -1.51. The first-order valence-electron chi connectivity index (χ1n) is 9.49. The maximum absolute atomic E-state index is 12.5. The summed E-state index contributed by atoms with van der Waals surface area (Å²) in [5.74, 6) is 0.287. The number of likely N-dealkylation sites (tertiary alicyclic amines) is 1. The molecule has 27 heavy (non-hydrogen) atoms. The third-order valence-corrected chi connectivity index (χ3v) is 6.64. The Labute approximate surface area is 161 Å². The molecule has 0 bridgehead atoms. The molecule has 2 aliphatic heterocycles. The van der Waals surface area contributed by atoms with Crippen molar-refractivity contribution >= 4 is 15.7 Å². The number of carbonyl (C=O) groups excluding carboxylic acids is 1. The summed E-state index contributed by atoms with van der Waals surface area (Å²) in [6.07, 6.45) is 6.66. The number of ether oxygens (including phenoxy) is 1. The molecule has 8 heteroatoms. The van der Waals surface area contributed by atoms with Crippen LogP contribution in [0.15, 0.2) is 24.5 Å². The number of nitrogens with zero attached hydrogens (tertiary/aromatic N) is 3. The van der Waals surface area contributed by atoms with E-state index in [1.165, 1.54) is 6.26 Å². The molecule has 2 fully saturated rings. The lowest BCUT2D eigenvalue weighted by molar-refractivity contribution is -0.152. The predicted octanol–water partition coefficient (Wildman–Crippen LogP) is 0.751. The van der Waals surface area contributed by atoms with Crippen molar-refractivity contribution in [2.24, 2.45) is 0 Å². The molecule has 1 spiro atoms. The molecule has 0 aromatic carbocycles. The van der Waals surface area contributed by atoms with Gasteiger partial charge in [0.05, 0.1) is 24.4 Å². The highest BCUT2D eigenvalue weighted by Gasteiger charge is 2.41. The van der Waals surface area contributed by atoms with Gasteiger partial charge in [0.1, 0.15) is 9.84 Å². The Morgan fingerprint density at radius 2 is 2.07 bits per heavy atom. The maximum atomic E-state index is 12.5. The van der Waals surface area contributed by atoms with Gasteiger partial charge in [0.25, 0.3) is 0 Å². The van der Waals surface area contributed by atoms with Crippen LogP contribution >= 0.6 is 0 Å². The van der Waals surface area contributed by atoms with Crippen LogP contribution < -0.4 is 0 Å². The summed E-state index contributed by atoms with van der Waals surface area (Å²) in [5, 5.41) is 0. The third kappa shape index (κ3) is 5.49. The Balaban J connectivity index is 1.55. The molecular weight excluding hydrogens is 366 g/mol. The molecule has 0 aliphatic carbocycles. The van der Waals surface area contributed by atoms with Gasteiger partial charge in [-0.05, 0) is 31.4 Å². The molecule has 0 N–H and O–H groups in total. The van der Waals surface area contributed by atoms with E-state index in [0.29, 0.717) is 26.1 Å². The van der Waals surface area contributed by atoms with Crippen LogP contribution in [0.3, 0.4) is 0 Å². The van der Waals surface area contributed by atoms with Gasteiger partial charge in [-0.2, -0.15) is 0 Å². The van der Waals surface area contributed by atoms with Crippen molar-refractivity contribution in [1.82, 2.24) is 14.8 Å². The molecule has 3 rings (SSSR count). The lowest BCUT2D eigenvalue weighted by Gasteiger charge is -2.48. The number of rotatable bonds is 5. The number of hydrogen-bond donors (Lipinski definition) is 0. The number of amides is 1. The van der Waals surface area contributed by atoms with Gasteiger partial charge in [0.2, 0.25) is 5.91 Å². The number of hydrogen-bond acceptors (Lipinski definition) is 6. The standard InChI is InChI=1S/C19H29N3O4S/c1-16(14-27(2,24)25)22-10-11-26-19(15-22)5-8-21(9-6-19)18(23)12-17-4-3-7-20-13-17/h3-4,7,13,16H,5-6,8-12,14-15H2,1-2H3. The molecule has 1 unspecified atom stereocenters. The smallest absolute Gasteiger partial charge is 0.227 e. The second-order valence-electron chi connectivity index (χ2n) is 7.86. The Morgan fingerprint density at radius 3 is 2.70 bits per heavy atom. The van der Waals surface area contributed by atoms with Gasteiger partial charge in [0.15, 0.2) is 0 Å². The Kier molecular flexibility index (Phi) is 6.18. The molecule has 150 valence electrons. The van der Waals surface area contributed by atoms with Crippen molar-refractivity contribution in [3.8, 4) is 0 Å². The third-order valence-electron chi connectivity index (χ3n) is 5.55. The van der Waals surface area contributed by atoms with Gasteiger partial charge in [0, 0.05) is 50.9 Å². The van der Waals surface area contributed by atoms with Crippen molar-refractivity contribution in [2.75, 3.05) is 44.8 Å². The van der Waals surface area contributed by atoms with E-state index < -0.39 is 9.84 Å². The van der Waals surface area contributed by atoms with Crippen molar-refractivity contribution in [2.45, 2.75) is 37.8 Å². The Bertz CT molecular complexity index is 745. The highest BCUT2D eigenvalue weighted by Crippen LogP contribution is 2.31. The SMILES string of the molecule is CC(CS(C)(=O)=O)N1CCOC2(CCN(C(=O)Cc3cccnc3)CC2)C1. The van der Waals surface area contributed by atoms with Gasteiger partial charge in [-0.15, -0.1) is 0 Å². The van der Waals surface area contributed by atoms with E-state index in [1.807, 2.05) is 24.0 Å². The van der Waals surface area contributed by atoms with E-state index in [-0.39, 0.29) is 23.3 Å². The molecule has 1 atom stereocenters. The van der Waals surface area contributed by atoms with E-state index in [9.17, 15) is 13.2 Å². The van der Waals surface area contributed by atoms with E-state index >= 15 is 0 Å². The van der Waals surface area contributed by atoms with Crippen LogP contribution in [-0.2, 0) is 25.8 Å². The van der Waals surface area contributed by atoms with Crippen LogP contribution in [-0.4, -0.2) is 85.5 Å². The molecule has 2 saturated heterocycles. The fourth-order valence-corrected chi connectivity index (χ4v) is 5.14. The van der Waals surface area contributed by atoms with Crippen molar-refractivity contribution in [3.05, 3.63) is 30.1 Å². The zero-order valence-corrected chi connectivity index (χ0v) is 17.0. The van der Waals surface area contributed by atoms with Crippen LogP contribution in [0.5, 0.6) is 0 Å². The summed E-state index contributed by atoms with van der Waals surface area (Å²) in [4.78, 5) is 20.7. The fraction of sp³-hybridized carbons (Fsp3) is 0.684. The minimum Gasteiger partial charge on any atom is -0.372 e. The zero-order chi connectivity index (χ0) is 19.5. The second-order valence-corrected chi connectivity index (χ2v) is 10.0. The summed E-state index contributed by atoms with van der Waals surface area (Å²) >= 11 is 0. The average molecular weight is 396 g/mol. The predicted molar refractivity (Wildman–Crippen MR) is 103 cm³/mol. The normalized spacial score (nSPS) is 21.9. The average Bonchev–Trinajstić information content (AvgIpc) is 2.62. The molecule has 0 radical (unpaired) electrons. The monoisotopic (exact) mass is 395 g/mol. The zero-order valence-electron chi connectivity index (χ0n) is 16.1. The van der Waals surface area contributed by atoms with E-state index in [1.54, 1.807) is 12.4 Å². The summed E-state index contributed by atoms with van der Waals surface area (Å²) in [6.45, 7) is 5.40. The number of sulfone groups is 1. The number of pyridine rings is 1. The lowest BCUT2D eigenvalue weighted by Crippen LogP contribution is -2.59. The van der Waals surface area contributed by atoms with Gasteiger partial charge in [-0.25, -0.2) is 8.42 Å². The topological polar surface area (TPSA) is 79.8 Å². The van der Waals surface area contributed by atoms with Gasteiger partial charge < -0.3 is 9.64 Å².